The molecular weight excluding hydrogens is 154 g/mol. The molecule has 3 nitrogen and oxygen atoms in total. The molecular formula is C6H12ClNO2. The molecule has 0 aromatic rings. The minimum Gasteiger partial charge on any atom is -0.480 e. The maximum atomic E-state index is 10.2. The van der Waals surface area contributed by atoms with E-state index in [-0.39, 0.29) is 12.4 Å². The van der Waals surface area contributed by atoms with Crippen molar-refractivity contribution in [3.63, 3.8) is 0 Å². The first-order valence-corrected chi connectivity index (χ1v) is 2.64. The van der Waals surface area contributed by atoms with Crippen LogP contribution < -0.4 is 5.73 Å². The summed E-state index contributed by atoms with van der Waals surface area (Å²) in [5, 5.41) is 8.40. The van der Waals surface area contributed by atoms with Crippen molar-refractivity contribution in [3.8, 4) is 0 Å². The van der Waals surface area contributed by atoms with Crippen molar-refractivity contribution < 1.29 is 9.90 Å². The quantitative estimate of drug-likeness (QED) is 0.608. The van der Waals surface area contributed by atoms with Gasteiger partial charge < -0.3 is 10.8 Å². The Morgan fingerprint density at radius 3 is 2.40 bits per heavy atom. The van der Waals surface area contributed by atoms with Crippen molar-refractivity contribution in [2.75, 3.05) is 0 Å². The van der Waals surface area contributed by atoms with Crippen molar-refractivity contribution in [1.29, 1.82) is 0 Å². The van der Waals surface area contributed by atoms with Crippen LogP contribution in [-0.4, -0.2) is 16.6 Å². The van der Waals surface area contributed by atoms with E-state index < -0.39 is 11.5 Å². The summed E-state index contributed by atoms with van der Waals surface area (Å²) >= 11 is 0. The van der Waals surface area contributed by atoms with E-state index >= 15 is 0 Å². The van der Waals surface area contributed by atoms with Crippen LogP contribution in [0.25, 0.3) is 0 Å². The molecule has 0 saturated carbocycles. The molecule has 0 fully saturated rings. The Balaban J connectivity index is 0. The highest BCUT2D eigenvalue weighted by Gasteiger charge is 2.25. The predicted molar refractivity (Wildman–Crippen MR) is 42.3 cm³/mol. The minimum atomic E-state index is -1.15. The van der Waals surface area contributed by atoms with Crippen LogP contribution in [0.2, 0.25) is 0 Å². The predicted octanol–water partition coefficient (Wildman–Crippen LogP) is 0.786. The lowest BCUT2D eigenvalue weighted by molar-refractivity contribution is -0.142. The number of halogens is 1. The van der Waals surface area contributed by atoms with Crippen LogP contribution in [-0.2, 0) is 4.79 Å². The van der Waals surface area contributed by atoms with Gasteiger partial charge in [0.1, 0.15) is 5.54 Å². The lowest BCUT2D eigenvalue weighted by Gasteiger charge is -2.15. The number of aliphatic carboxylic acids is 1. The Hall–Kier alpha value is -0.540. The van der Waals surface area contributed by atoms with Crippen LogP contribution in [0.3, 0.4) is 0 Å². The van der Waals surface area contributed by atoms with Gasteiger partial charge in [-0.05, 0) is 13.3 Å². The van der Waals surface area contributed by atoms with Crippen LogP contribution in [0.1, 0.15) is 13.3 Å². The summed E-state index contributed by atoms with van der Waals surface area (Å²) < 4.78 is 0. The number of hydrogen-bond acceptors (Lipinski definition) is 2. The molecule has 0 spiro atoms. The fourth-order valence-electron chi connectivity index (χ4n) is 0.387. The van der Waals surface area contributed by atoms with Crippen molar-refractivity contribution in [2.45, 2.75) is 18.9 Å². The van der Waals surface area contributed by atoms with Gasteiger partial charge in [0.2, 0.25) is 0 Å². The molecule has 60 valence electrons. The SMILES string of the molecule is C=CC[C@](C)(N)C(=O)O.Cl. The molecule has 0 aromatic carbocycles. The van der Waals surface area contributed by atoms with Gasteiger partial charge in [-0.15, -0.1) is 19.0 Å². The minimum absolute atomic E-state index is 0. The molecule has 0 rings (SSSR count). The Kier molecular flexibility index (Phi) is 5.24. The van der Waals surface area contributed by atoms with Crippen molar-refractivity contribution in [2.24, 2.45) is 5.73 Å². The van der Waals surface area contributed by atoms with Gasteiger partial charge in [-0.25, -0.2) is 0 Å². The summed E-state index contributed by atoms with van der Waals surface area (Å²) in [6.45, 7) is 4.84. The molecule has 0 aliphatic heterocycles. The molecule has 0 saturated heterocycles. The average Bonchev–Trinajstić information content (AvgIpc) is 1.65. The van der Waals surface area contributed by atoms with Gasteiger partial charge >= 0.3 is 5.97 Å². The second kappa shape index (κ2) is 4.30. The Morgan fingerprint density at radius 2 is 2.30 bits per heavy atom. The first kappa shape index (κ1) is 12.2. The van der Waals surface area contributed by atoms with Gasteiger partial charge in [-0.2, -0.15) is 0 Å². The summed E-state index contributed by atoms with van der Waals surface area (Å²) in [5.74, 6) is -0.998. The van der Waals surface area contributed by atoms with E-state index in [0.29, 0.717) is 6.42 Å². The molecule has 0 radical (unpaired) electrons. The normalized spacial score (nSPS) is 14.6. The van der Waals surface area contributed by atoms with E-state index in [2.05, 4.69) is 6.58 Å². The maximum absolute atomic E-state index is 10.2. The monoisotopic (exact) mass is 165 g/mol. The summed E-state index contributed by atoms with van der Waals surface area (Å²) in [6.07, 6.45) is 1.79. The Morgan fingerprint density at radius 1 is 1.90 bits per heavy atom. The van der Waals surface area contributed by atoms with Crippen molar-refractivity contribution in [3.05, 3.63) is 12.7 Å². The standard InChI is InChI=1S/C6H11NO2.ClH/c1-3-4-6(2,7)5(8)9;/h3H,1,4,7H2,2H3,(H,8,9);1H/t6-;/m0./s1. The van der Waals surface area contributed by atoms with E-state index in [4.69, 9.17) is 10.8 Å². The topological polar surface area (TPSA) is 63.3 Å². The van der Waals surface area contributed by atoms with E-state index in [1.807, 2.05) is 0 Å². The van der Waals surface area contributed by atoms with Crippen LogP contribution in [0.15, 0.2) is 12.7 Å². The highest BCUT2D eigenvalue weighted by atomic mass is 35.5. The molecule has 0 amide bonds. The summed E-state index contributed by atoms with van der Waals surface area (Å²) in [7, 11) is 0. The van der Waals surface area contributed by atoms with Gasteiger partial charge in [0.25, 0.3) is 0 Å². The largest absolute Gasteiger partial charge is 0.480 e. The number of carboxylic acid groups (broad SMARTS) is 1. The van der Waals surface area contributed by atoms with Crippen molar-refractivity contribution >= 4 is 18.4 Å². The van der Waals surface area contributed by atoms with Gasteiger partial charge in [-0.1, -0.05) is 6.08 Å². The van der Waals surface area contributed by atoms with Gasteiger partial charge in [-0.3, -0.25) is 4.79 Å². The molecule has 0 aliphatic rings. The molecule has 0 bridgehead atoms. The second-order valence-electron chi connectivity index (χ2n) is 2.22. The molecule has 3 N–H and O–H groups in total. The zero-order chi connectivity index (χ0) is 7.49. The molecule has 0 heterocycles. The third kappa shape index (κ3) is 3.48. The van der Waals surface area contributed by atoms with Gasteiger partial charge in [0.15, 0.2) is 0 Å². The fraction of sp³-hybridized carbons (Fsp3) is 0.500. The summed E-state index contributed by atoms with van der Waals surface area (Å²) in [6, 6.07) is 0. The van der Waals surface area contributed by atoms with E-state index in [1.165, 1.54) is 13.0 Å². The van der Waals surface area contributed by atoms with Crippen LogP contribution >= 0.6 is 12.4 Å². The first-order valence-electron chi connectivity index (χ1n) is 2.64. The molecule has 0 aromatic heterocycles. The third-order valence-corrected chi connectivity index (χ3v) is 1.06. The lowest BCUT2D eigenvalue weighted by Crippen LogP contribution is -2.44. The lowest BCUT2D eigenvalue weighted by atomic mass is 10.0. The number of hydrogen-bond donors (Lipinski definition) is 2. The van der Waals surface area contributed by atoms with Gasteiger partial charge in [0.05, 0.1) is 0 Å². The zero-order valence-electron chi connectivity index (χ0n) is 5.83. The van der Waals surface area contributed by atoms with Crippen LogP contribution in [0.5, 0.6) is 0 Å². The second-order valence-corrected chi connectivity index (χ2v) is 2.22. The highest BCUT2D eigenvalue weighted by molar-refractivity contribution is 5.85. The molecule has 4 heteroatoms. The van der Waals surface area contributed by atoms with Crippen molar-refractivity contribution in [1.82, 2.24) is 0 Å². The van der Waals surface area contributed by atoms with E-state index in [1.54, 1.807) is 0 Å². The molecule has 10 heavy (non-hydrogen) atoms. The van der Waals surface area contributed by atoms with E-state index in [0.717, 1.165) is 0 Å². The number of carbonyl (C=O) groups is 1. The fourth-order valence-corrected chi connectivity index (χ4v) is 0.387. The number of rotatable bonds is 3. The van der Waals surface area contributed by atoms with Gasteiger partial charge in [0, 0.05) is 0 Å². The van der Waals surface area contributed by atoms with Crippen LogP contribution in [0, 0.1) is 0 Å². The molecule has 0 aliphatic carbocycles. The third-order valence-electron chi connectivity index (χ3n) is 1.06. The summed E-state index contributed by atoms with van der Waals surface area (Å²) in [5.41, 5.74) is 4.15. The Bertz CT molecular complexity index is 134. The summed E-state index contributed by atoms with van der Waals surface area (Å²) in [4.78, 5) is 10.2. The molecule has 1 atom stereocenters. The average molecular weight is 166 g/mol. The smallest absolute Gasteiger partial charge is 0.323 e. The van der Waals surface area contributed by atoms with E-state index in [9.17, 15) is 4.79 Å². The number of nitrogens with two attached hydrogens (primary N) is 1. The maximum Gasteiger partial charge on any atom is 0.323 e. The molecule has 0 unspecified atom stereocenters. The Labute approximate surface area is 66.3 Å². The highest BCUT2D eigenvalue weighted by Crippen LogP contribution is 2.04. The zero-order valence-corrected chi connectivity index (χ0v) is 6.65. The first-order chi connectivity index (χ1) is 4.00. The van der Waals surface area contributed by atoms with Crippen LogP contribution in [0.4, 0.5) is 0 Å². The number of carboxylic acids is 1.